The Morgan fingerprint density at radius 3 is 0.823 bits per heavy atom. The van der Waals surface area contributed by atoms with Crippen molar-refractivity contribution in [3.05, 3.63) is 462 Å². The van der Waals surface area contributed by atoms with Crippen molar-refractivity contribution in [2.24, 2.45) is 0 Å². The molecule has 0 spiro atoms. The van der Waals surface area contributed by atoms with Crippen LogP contribution in [-0.4, -0.2) is 27.7 Å². The van der Waals surface area contributed by atoms with Crippen LogP contribution in [0.1, 0.15) is 63.7 Å². The van der Waals surface area contributed by atoms with Crippen LogP contribution in [0.15, 0.2) is 413 Å². The van der Waals surface area contributed by atoms with Gasteiger partial charge in [0.2, 0.25) is 0 Å². The van der Waals surface area contributed by atoms with Crippen molar-refractivity contribution in [3.8, 4) is 106 Å². The number of ketones is 4. The Morgan fingerprint density at radius 1 is 0.221 bits per heavy atom. The smallest absolute Gasteiger partial charge is 0.193 e. The van der Waals surface area contributed by atoms with E-state index in [4.69, 9.17) is 0 Å². The number of hydrogen-bond donors (Lipinski definition) is 0. The van der Waals surface area contributed by atoms with Crippen LogP contribution in [0.4, 0.5) is 17.1 Å². The van der Waals surface area contributed by atoms with Gasteiger partial charge in [0.1, 0.15) is 5.69 Å². The molecule has 0 fully saturated rings. The Hall–Kier alpha value is -14.9. The lowest BCUT2D eigenvalue weighted by molar-refractivity contribution is 0.103. The summed E-state index contributed by atoms with van der Waals surface area (Å²) >= 11 is 0. The summed E-state index contributed by atoms with van der Waals surface area (Å²) in [6.45, 7) is 0. The maximum atomic E-state index is 17.5. The zero-order valence-electron chi connectivity index (χ0n) is 61.2. The second-order valence-electron chi connectivity index (χ2n) is 28.8. The number of para-hydroxylation sites is 2. The van der Waals surface area contributed by atoms with Gasteiger partial charge in [0.05, 0.1) is 22.2 Å². The van der Waals surface area contributed by atoms with E-state index in [9.17, 15) is 19.2 Å². The van der Waals surface area contributed by atoms with Gasteiger partial charge >= 0.3 is 0 Å². The van der Waals surface area contributed by atoms with Gasteiger partial charge in [-0.05, 0) is 131 Å². The van der Waals surface area contributed by atoms with Gasteiger partial charge in [0.25, 0.3) is 0 Å². The lowest BCUT2D eigenvalue weighted by Crippen LogP contribution is -2.29. The molecule has 17 aromatic carbocycles. The first-order chi connectivity index (χ1) is 55.5. The number of aromatic nitrogens is 1. The molecule has 18 aromatic rings. The number of quaternary nitrogens is 1. The van der Waals surface area contributed by atoms with E-state index in [0.717, 1.165) is 128 Å². The minimum absolute atomic E-state index is 0.0201. The summed E-state index contributed by atoms with van der Waals surface area (Å²) in [6, 6.07) is 136. The highest BCUT2D eigenvalue weighted by molar-refractivity contribution is 6.22. The van der Waals surface area contributed by atoms with Crippen LogP contribution >= 0.6 is 0 Å². The first-order valence-corrected chi connectivity index (χ1v) is 37.8. The van der Waals surface area contributed by atoms with Crippen molar-refractivity contribution in [1.29, 1.82) is 0 Å². The highest BCUT2D eigenvalue weighted by atomic mass is 16.5. The van der Waals surface area contributed by atoms with E-state index in [1.807, 2.05) is 243 Å². The predicted molar refractivity (Wildman–Crippen MR) is 460 cm³/mol. The summed E-state index contributed by atoms with van der Waals surface area (Å²) in [5, 5.41) is 19.4. The van der Waals surface area contributed by atoms with Crippen molar-refractivity contribution < 1.29 is 19.2 Å². The molecule has 532 valence electrons. The SMILES string of the molecule is O=C(c1ccccc1)c1ccc(-c2ccc(-c3cc(-c4ccc(-c5ccc(C(=O)c6ccccc6)cc5)cc4)cc(-n4c5ccccc5c5c6c(ccc54)[N+]([O-])(c4cc(-c5ccc(-c7ccc(C(=O)c8ccccc8)cc7)cc5)cc(-c5ccc(-c7ccc(C(=O)c8ccccc8)cc7)cc5)c4)c4ccccc4-6)c3)cc2)cc1. The zero-order chi connectivity index (χ0) is 76.1. The number of carbonyl (C=O) groups excluding carboxylic acids is 4. The monoisotopic (exact) mass is 1450 g/mol. The molecule has 0 amide bonds. The quantitative estimate of drug-likeness (QED) is 0.0484. The molecule has 0 saturated carbocycles. The van der Waals surface area contributed by atoms with Gasteiger partial charge in [-0.25, -0.2) is 0 Å². The van der Waals surface area contributed by atoms with Crippen molar-refractivity contribution >= 4 is 62.0 Å². The number of fused-ring (bicyclic) bond motifs is 7. The lowest BCUT2D eigenvalue weighted by atomic mass is 9.94. The van der Waals surface area contributed by atoms with Crippen molar-refractivity contribution in [3.63, 3.8) is 0 Å². The van der Waals surface area contributed by atoms with Gasteiger partial charge in [-0.3, -0.25) is 23.8 Å². The van der Waals surface area contributed by atoms with Gasteiger partial charge in [-0.2, -0.15) is 0 Å². The first-order valence-electron chi connectivity index (χ1n) is 37.8. The first kappa shape index (κ1) is 68.7. The third-order valence-electron chi connectivity index (χ3n) is 22.1. The molecule has 19 rings (SSSR count). The maximum absolute atomic E-state index is 17.5. The molecule has 1 atom stereocenters. The van der Waals surface area contributed by atoms with Crippen LogP contribution in [0.3, 0.4) is 0 Å². The summed E-state index contributed by atoms with van der Waals surface area (Å²) < 4.78 is 1.48. The zero-order valence-corrected chi connectivity index (χ0v) is 61.2. The molecule has 0 bridgehead atoms. The van der Waals surface area contributed by atoms with Gasteiger partial charge in [-0.1, -0.05) is 346 Å². The molecule has 113 heavy (non-hydrogen) atoms. The molecular formula is C106H68N2O5. The highest BCUT2D eigenvalue weighted by Crippen LogP contribution is 2.61. The van der Waals surface area contributed by atoms with Crippen molar-refractivity contribution in [2.45, 2.75) is 0 Å². The van der Waals surface area contributed by atoms with Gasteiger partial charge in [0.15, 0.2) is 34.5 Å². The molecule has 1 aliphatic rings. The molecular weight excluding hydrogens is 1380 g/mol. The molecule has 1 aliphatic heterocycles. The fourth-order valence-corrected chi connectivity index (χ4v) is 16.1. The molecule has 1 aromatic heterocycles. The largest absolute Gasteiger partial charge is 0.616 e. The average molecular weight is 1450 g/mol. The van der Waals surface area contributed by atoms with Crippen LogP contribution in [-0.2, 0) is 0 Å². The third kappa shape index (κ3) is 12.8. The fraction of sp³-hybridized carbons (Fsp3) is 0. The number of rotatable bonds is 18. The van der Waals surface area contributed by atoms with Crippen LogP contribution in [0.25, 0.3) is 128 Å². The van der Waals surface area contributed by atoms with Crippen LogP contribution in [0.2, 0.25) is 0 Å². The second kappa shape index (κ2) is 28.9. The van der Waals surface area contributed by atoms with E-state index in [2.05, 4.69) is 174 Å². The van der Waals surface area contributed by atoms with E-state index in [-0.39, 0.29) is 23.1 Å². The molecule has 0 aliphatic carbocycles. The van der Waals surface area contributed by atoms with Crippen LogP contribution in [0.5, 0.6) is 0 Å². The minimum Gasteiger partial charge on any atom is -0.616 e. The molecule has 0 radical (unpaired) electrons. The fourth-order valence-electron chi connectivity index (χ4n) is 16.1. The molecule has 7 nitrogen and oxygen atoms in total. The average Bonchev–Trinajstić information content (AvgIpc) is 1.53. The van der Waals surface area contributed by atoms with E-state index in [0.29, 0.717) is 61.6 Å². The molecule has 7 heteroatoms. The summed E-state index contributed by atoms with van der Waals surface area (Å²) in [5.41, 5.74) is 26.9. The normalized spacial score (nSPS) is 12.8. The predicted octanol–water partition coefficient (Wildman–Crippen LogP) is 26.5. The van der Waals surface area contributed by atoms with Gasteiger partial charge in [-0.15, -0.1) is 0 Å². The summed E-state index contributed by atoms with van der Waals surface area (Å²) in [4.78, 5) is 53.7. The van der Waals surface area contributed by atoms with E-state index < -0.39 is 4.65 Å². The van der Waals surface area contributed by atoms with E-state index in [1.165, 1.54) is 0 Å². The Kier molecular flexibility index (Phi) is 17.6. The highest BCUT2D eigenvalue weighted by Gasteiger charge is 2.42. The molecule has 0 saturated heterocycles. The molecule has 1 unspecified atom stereocenters. The van der Waals surface area contributed by atoms with Gasteiger partial charge < -0.3 is 9.77 Å². The number of carbonyl (C=O) groups is 4. The molecule has 2 heterocycles. The van der Waals surface area contributed by atoms with Crippen molar-refractivity contribution in [2.75, 3.05) is 0 Å². The summed E-state index contributed by atoms with van der Waals surface area (Å²) in [7, 11) is 0. The molecule has 0 N–H and O–H groups in total. The lowest BCUT2D eigenvalue weighted by Gasteiger charge is -2.39. The van der Waals surface area contributed by atoms with Crippen LogP contribution in [0, 0.1) is 5.21 Å². The third-order valence-corrected chi connectivity index (χ3v) is 22.1. The van der Waals surface area contributed by atoms with E-state index in [1.54, 1.807) is 0 Å². The Balaban J connectivity index is 0.720. The number of nitrogens with zero attached hydrogens (tertiary/aromatic N) is 2. The topological polar surface area (TPSA) is 96.3 Å². The Morgan fingerprint density at radius 2 is 0.487 bits per heavy atom. The maximum Gasteiger partial charge on any atom is 0.193 e. The van der Waals surface area contributed by atoms with Crippen LogP contribution < -0.4 is 4.65 Å². The second-order valence-corrected chi connectivity index (χ2v) is 28.8. The summed E-state index contributed by atoms with van der Waals surface area (Å²) in [6.07, 6.45) is 0. The van der Waals surface area contributed by atoms with E-state index >= 15 is 5.21 Å². The van der Waals surface area contributed by atoms with Crippen molar-refractivity contribution in [1.82, 2.24) is 9.21 Å². The Bertz CT molecular complexity index is 6390. The minimum atomic E-state index is -0.863. The van der Waals surface area contributed by atoms with Gasteiger partial charge in [0, 0.05) is 85.2 Å². The standard InChI is InChI=1S/C106H68N2O5/c109-103(81-17-5-1-6-18-81)85-53-45-73(46-54-85)69-29-37-77(38-30-69)89-63-90(78-39-31-70(32-40-78)74-47-55-86(56-48-74)104(110)82-19-7-2-8-20-82)66-93(65-89)107-97-27-15-13-25-95(97)101-98(107)61-62-100-102(101)96-26-14-16-28-99(96)108(100,113)94-67-91(79-41-33-71(34-42-79)75-49-57-87(58-50-75)105(111)83-21-9-3-10-22-83)64-92(68-94)80-43-35-72(36-44-80)76-51-59-88(60-52-76)106(112)84-23-11-4-12-24-84/h1-68H. The summed E-state index contributed by atoms with van der Waals surface area (Å²) in [5.74, 6) is -0.102. The number of benzene rings is 17. The number of hydrogen-bond acceptors (Lipinski definition) is 5. The Labute approximate surface area is 654 Å².